The summed E-state index contributed by atoms with van der Waals surface area (Å²) < 4.78 is 27.5. The van der Waals surface area contributed by atoms with E-state index >= 15 is 0 Å². The molecule has 0 aliphatic carbocycles. The quantitative estimate of drug-likeness (QED) is 0.692. The maximum Gasteiger partial charge on any atom is 0.241 e. The number of nitrogens with one attached hydrogen (secondary N) is 2. The summed E-state index contributed by atoms with van der Waals surface area (Å²) in [6.45, 7) is 1.17. The van der Waals surface area contributed by atoms with Gasteiger partial charge in [-0.1, -0.05) is 6.07 Å². The number of halogens is 1. The Morgan fingerprint density at radius 3 is 2.68 bits per heavy atom. The monoisotopic (exact) mass is 366 g/mol. The number of hydrogen-bond donors (Lipinski definition) is 2. The van der Waals surface area contributed by atoms with Crippen LogP contribution in [0.15, 0.2) is 27.6 Å². The number of sulfonamides is 1. The van der Waals surface area contributed by atoms with Gasteiger partial charge in [0.05, 0.1) is 4.90 Å². The molecular formula is C12H19BrN2O2S2. The minimum atomic E-state index is -3.43. The number of thioether (sulfide) groups is 1. The van der Waals surface area contributed by atoms with Crippen LogP contribution in [-0.2, 0) is 16.6 Å². The zero-order chi connectivity index (χ0) is 14.3. The minimum absolute atomic E-state index is 0.288. The van der Waals surface area contributed by atoms with Crippen LogP contribution in [0.2, 0.25) is 0 Å². The number of benzene rings is 1. The summed E-state index contributed by atoms with van der Waals surface area (Å²) in [5.74, 6) is 0.949. The van der Waals surface area contributed by atoms with E-state index in [4.69, 9.17) is 0 Å². The highest BCUT2D eigenvalue weighted by Crippen LogP contribution is 2.23. The Bertz CT molecular complexity index is 506. The van der Waals surface area contributed by atoms with Crippen molar-refractivity contribution >= 4 is 37.7 Å². The fraction of sp³-hybridized carbons (Fsp3) is 0.500. The molecule has 108 valence electrons. The third-order valence-corrected chi connectivity index (χ3v) is 5.62. The lowest BCUT2D eigenvalue weighted by molar-refractivity contribution is 0.580. The van der Waals surface area contributed by atoms with E-state index in [9.17, 15) is 8.42 Å². The molecule has 0 aliphatic heterocycles. The molecule has 0 aliphatic rings. The SMILES string of the molecule is CNCc1ccc(S(=O)(=O)NCCCSC)c(Br)c1. The first-order chi connectivity index (χ1) is 9.01. The summed E-state index contributed by atoms with van der Waals surface area (Å²) in [5.41, 5.74) is 1.04. The molecule has 2 N–H and O–H groups in total. The second-order valence-corrected chi connectivity index (χ2v) is 7.61. The Labute approximate surface area is 127 Å². The van der Waals surface area contributed by atoms with Gasteiger partial charge in [0.2, 0.25) is 10.0 Å². The van der Waals surface area contributed by atoms with Gasteiger partial charge in [-0.15, -0.1) is 0 Å². The third kappa shape index (κ3) is 5.43. The van der Waals surface area contributed by atoms with Crippen LogP contribution >= 0.6 is 27.7 Å². The van der Waals surface area contributed by atoms with Crippen molar-refractivity contribution in [2.45, 2.75) is 17.9 Å². The molecule has 1 aromatic carbocycles. The largest absolute Gasteiger partial charge is 0.316 e. The summed E-state index contributed by atoms with van der Waals surface area (Å²) >= 11 is 5.03. The van der Waals surface area contributed by atoms with Crippen LogP contribution < -0.4 is 10.0 Å². The van der Waals surface area contributed by atoms with Gasteiger partial charge in [0.1, 0.15) is 0 Å². The first kappa shape index (κ1) is 17.0. The average molecular weight is 367 g/mol. The zero-order valence-electron chi connectivity index (χ0n) is 11.1. The van der Waals surface area contributed by atoms with Crippen molar-refractivity contribution in [3.05, 3.63) is 28.2 Å². The normalized spacial score (nSPS) is 11.7. The topological polar surface area (TPSA) is 58.2 Å². The molecule has 0 heterocycles. The van der Waals surface area contributed by atoms with Gasteiger partial charge in [0.25, 0.3) is 0 Å². The molecule has 0 saturated heterocycles. The number of hydrogen-bond acceptors (Lipinski definition) is 4. The van der Waals surface area contributed by atoms with Crippen molar-refractivity contribution in [3.63, 3.8) is 0 Å². The van der Waals surface area contributed by atoms with Gasteiger partial charge in [-0.25, -0.2) is 13.1 Å². The molecule has 7 heteroatoms. The predicted octanol–water partition coefficient (Wildman–Crippen LogP) is 2.20. The Kier molecular flexibility index (Phi) is 7.38. The second-order valence-electron chi connectivity index (χ2n) is 4.04. The Morgan fingerprint density at radius 1 is 1.37 bits per heavy atom. The molecule has 0 amide bonds. The van der Waals surface area contributed by atoms with E-state index in [0.717, 1.165) is 17.7 Å². The Morgan fingerprint density at radius 2 is 2.11 bits per heavy atom. The van der Waals surface area contributed by atoms with E-state index in [1.807, 2.05) is 25.4 Å². The van der Waals surface area contributed by atoms with E-state index in [0.29, 0.717) is 17.6 Å². The lowest BCUT2D eigenvalue weighted by Gasteiger charge is -2.09. The molecule has 0 radical (unpaired) electrons. The highest BCUT2D eigenvalue weighted by molar-refractivity contribution is 9.10. The van der Waals surface area contributed by atoms with Gasteiger partial charge in [0.15, 0.2) is 0 Å². The molecule has 4 nitrogen and oxygen atoms in total. The van der Waals surface area contributed by atoms with Gasteiger partial charge in [-0.2, -0.15) is 11.8 Å². The van der Waals surface area contributed by atoms with Crippen molar-refractivity contribution in [1.82, 2.24) is 10.0 Å². The minimum Gasteiger partial charge on any atom is -0.316 e. The molecule has 0 aromatic heterocycles. The van der Waals surface area contributed by atoms with Crippen LogP contribution in [0.4, 0.5) is 0 Å². The standard InChI is InChI=1S/C12H19BrN2O2S2/c1-14-9-10-4-5-12(11(13)8-10)19(16,17)15-6-3-7-18-2/h4-5,8,14-15H,3,6-7,9H2,1-2H3. The Hall–Kier alpha value is -0.0800. The van der Waals surface area contributed by atoms with Gasteiger partial charge in [-0.05, 0) is 59.1 Å². The highest BCUT2D eigenvalue weighted by Gasteiger charge is 2.17. The van der Waals surface area contributed by atoms with Gasteiger partial charge in [-0.3, -0.25) is 0 Å². The molecule has 1 rings (SSSR count). The van der Waals surface area contributed by atoms with E-state index in [1.165, 1.54) is 0 Å². The molecule has 19 heavy (non-hydrogen) atoms. The van der Waals surface area contributed by atoms with Crippen LogP contribution in [0.3, 0.4) is 0 Å². The maximum atomic E-state index is 12.1. The summed E-state index contributed by atoms with van der Waals surface area (Å²) in [7, 11) is -1.58. The van der Waals surface area contributed by atoms with Crippen LogP contribution in [0, 0.1) is 0 Å². The van der Waals surface area contributed by atoms with Crippen molar-refractivity contribution in [1.29, 1.82) is 0 Å². The van der Waals surface area contributed by atoms with E-state index in [2.05, 4.69) is 26.0 Å². The van der Waals surface area contributed by atoms with Crippen LogP contribution in [0.25, 0.3) is 0 Å². The number of rotatable bonds is 8. The van der Waals surface area contributed by atoms with Gasteiger partial charge in [0, 0.05) is 17.6 Å². The lowest BCUT2D eigenvalue weighted by Crippen LogP contribution is -2.25. The van der Waals surface area contributed by atoms with Crippen molar-refractivity contribution in [2.24, 2.45) is 0 Å². The molecule has 0 atom stereocenters. The average Bonchev–Trinajstić information content (AvgIpc) is 2.35. The van der Waals surface area contributed by atoms with E-state index < -0.39 is 10.0 Å². The first-order valence-electron chi connectivity index (χ1n) is 5.93. The Balaban J connectivity index is 2.77. The fourth-order valence-electron chi connectivity index (χ4n) is 1.58. The third-order valence-electron chi connectivity index (χ3n) is 2.48. The van der Waals surface area contributed by atoms with Gasteiger partial charge < -0.3 is 5.32 Å². The van der Waals surface area contributed by atoms with Crippen molar-refractivity contribution in [2.75, 3.05) is 25.6 Å². The molecule has 0 bridgehead atoms. The summed E-state index contributed by atoms with van der Waals surface area (Å²) in [6.07, 6.45) is 2.83. The molecular weight excluding hydrogens is 348 g/mol. The summed E-state index contributed by atoms with van der Waals surface area (Å²) in [4.78, 5) is 0.288. The molecule has 0 fully saturated rings. The van der Waals surface area contributed by atoms with Gasteiger partial charge >= 0.3 is 0 Å². The molecule has 1 aromatic rings. The lowest BCUT2D eigenvalue weighted by atomic mass is 10.2. The summed E-state index contributed by atoms with van der Waals surface area (Å²) in [5, 5.41) is 3.03. The van der Waals surface area contributed by atoms with Crippen LogP contribution in [-0.4, -0.2) is 34.0 Å². The van der Waals surface area contributed by atoms with Crippen LogP contribution in [0.1, 0.15) is 12.0 Å². The first-order valence-corrected chi connectivity index (χ1v) is 9.60. The zero-order valence-corrected chi connectivity index (χ0v) is 14.3. The smallest absolute Gasteiger partial charge is 0.241 e. The molecule has 0 saturated carbocycles. The van der Waals surface area contributed by atoms with E-state index in [1.54, 1.807) is 17.8 Å². The summed E-state index contributed by atoms with van der Waals surface area (Å²) in [6, 6.07) is 5.28. The highest BCUT2D eigenvalue weighted by atomic mass is 79.9. The maximum absolute atomic E-state index is 12.1. The van der Waals surface area contributed by atoms with E-state index in [-0.39, 0.29) is 4.90 Å². The van der Waals surface area contributed by atoms with Crippen molar-refractivity contribution in [3.8, 4) is 0 Å². The molecule has 0 spiro atoms. The fourth-order valence-corrected chi connectivity index (χ4v) is 4.21. The molecule has 0 unspecified atom stereocenters. The van der Waals surface area contributed by atoms with Crippen molar-refractivity contribution < 1.29 is 8.42 Å². The predicted molar refractivity (Wildman–Crippen MR) is 85.1 cm³/mol. The van der Waals surface area contributed by atoms with Crippen LogP contribution in [0.5, 0.6) is 0 Å². The second kappa shape index (κ2) is 8.26.